The average molecular weight is 254 g/mol. The maximum absolute atomic E-state index is 12.6. The van der Waals surface area contributed by atoms with E-state index in [1.807, 2.05) is 53.0 Å². The van der Waals surface area contributed by atoms with Crippen molar-refractivity contribution in [1.82, 2.24) is 9.47 Å². The van der Waals surface area contributed by atoms with Crippen molar-refractivity contribution in [3.05, 3.63) is 59.9 Å². The molecule has 1 atom stereocenters. The first kappa shape index (κ1) is 12.0. The molecule has 3 nitrogen and oxygen atoms in total. The molecule has 0 spiro atoms. The van der Waals surface area contributed by atoms with Crippen molar-refractivity contribution in [3.8, 4) is 0 Å². The van der Waals surface area contributed by atoms with Gasteiger partial charge in [0.05, 0.1) is 6.04 Å². The van der Waals surface area contributed by atoms with Gasteiger partial charge in [-0.15, -0.1) is 0 Å². The van der Waals surface area contributed by atoms with E-state index in [1.165, 1.54) is 5.56 Å². The maximum Gasteiger partial charge on any atom is 0.270 e. The largest absolute Gasteiger partial charge is 0.347 e. The van der Waals surface area contributed by atoms with Gasteiger partial charge in [-0.25, -0.2) is 0 Å². The molecule has 19 heavy (non-hydrogen) atoms. The highest BCUT2D eigenvalue weighted by Crippen LogP contribution is 2.32. The van der Waals surface area contributed by atoms with E-state index in [1.54, 1.807) is 0 Å². The lowest BCUT2D eigenvalue weighted by molar-refractivity contribution is 0.0726. The summed E-state index contributed by atoms with van der Waals surface area (Å²) >= 11 is 0. The van der Waals surface area contributed by atoms with E-state index in [4.69, 9.17) is 0 Å². The summed E-state index contributed by atoms with van der Waals surface area (Å²) in [6.45, 7) is 0.851. The monoisotopic (exact) mass is 254 g/mol. The molecule has 1 aliphatic rings. The van der Waals surface area contributed by atoms with Gasteiger partial charge in [0.1, 0.15) is 5.69 Å². The van der Waals surface area contributed by atoms with Crippen LogP contribution in [0.1, 0.15) is 34.9 Å². The summed E-state index contributed by atoms with van der Waals surface area (Å²) in [4.78, 5) is 14.6. The molecule has 0 N–H and O–H groups in total. The quantitative estimate of drug-likeness (QED) is 0.808. The standard InChI is InChI=1S/C16H18N2O/c1-17-11-5-10-15(17)16(19)18-12-6-9-14(18)13-7-3-2-4-8-13/h2-5,7-8,10-11,14H,6,9,12H2,1H3/t14-/m0/s1. The fourth-order valence-corrected chi connectivity index (χ4v) is 2.86. The maximum atomic E-state index is 12.6. The Bertz CT molecular complexity index is 573. The Morgan fingerprint density at radius 3 is 2.63 bits per heavy atom. The second-order valence-corrected chi connectivity index (χ2v) is 5.07. The zero-order valence-electron chi connectivity index (χ0n) is 11.1. The Balaban J connectivity index is 1.88. The third-order valence-electron chi connectivity index (χ3n) is 3.86. The zero-order chi connectivity index (χ0) is 13.2. The van der Waals surface area contributed by atoms with Crippen LogP contribution in [0.15, 0.2) is 48.7 Å². The van der Waals surface area contributed by atoms with Gasteiger partial charge in [-0.1, -0.05) is 30.3 Å². The van der Waals surface area contributed by atoms with Crippen molar-refractivity contribution < 1.29 is 4.79 Å². The normalized spacial score (nSPS) is 18.8. The third kappa shape index (κ3) is 2.16. The lowest BCUT2D eigenvalue weighted by Gasteiger charge is -2.25. The van der Waals surface area contributed by atoms with Crippen molar-refractivity contribution in [2.45, 2.75) is 18.9 Å². The van der Waals surface area contributed by atoms with Crippen LogP contribution in [0.3, 0.4) is 0 Å². The first-order valence-electron chi connectivity index (χ1n) is 6.74. The van der Waals surface area contributed by atoms with Gasteiger partial charge >= 0.3 is 0 Å². The fraction of sp³-hybridized carbons (Fsp3) is 0.312. The molecular formula is C16H18N2O. The van der Waals surface area contributed by atoms with Crippen LogP contribution in [0.5, 0.6) is 0 Å². The molecule has 2 aromatic rings. The molecule has 0 bridgehead atoms. The molecule has 3 heteroatoms. The van der Waals surface area contributed by atoms with Gasteiger partial charge in [0.2, 0.25) is 0 Å². The number of likely N-dealkylation sites (tertiary alicyclic amines) is 1. The molecule has 0 saturated carbocycles. The highest BCUT2D eigenvalue weighted by Gasteiger charge is 2.31. The molecular weight excluding hydrogens is 236 g/mol. The number of rotatable bonds is 2. The summed E-state index contributed by atoms with van der Waals surface area (Å²) in [5.41, 5.74) is 2.00. The van der Waals surface area contributed by atoms with Crippen molar-refractivity contribution in [3.63, 3.8) is 0 Å². The predicted octanol–water partition coefficient (Wildman–Crippen LogP) is 3.00. The number of hydrogen-bond donors (Lipinski definition) is 0. The lowest BCUT2D eigenvalue weighted by Crippen LogP contribution is -2.31. The first-order valence-corrected chi connectivity index (χ1v) is 6.74. The first-order chi connectivity index (χ1) is 9.27. The number of benzene rings is 1. The second kappa shape index (κ2) is 4.92. The van der Waals surface area contributed by atoms with Crippen LogP contribution in [0, 0.1) is 0 Å². The van der Waals surface area contributed by atoms with Crippen LogP contribution in [-0.2, 0) is 7.05 Å². The number of amides is 1. The van der Waals surface area contributed by atoms with Crippen molar-refractivity contribution in [1.29, 1.82) is 0 Å². The topological polar surface area (TPSA) is 25.2 Å². The number of aryl methyl sites for hydroxylation is 1. The number of aromatic nitrogens is 1. The third-order valence-corrected chi connectivity index (χ3v) is 3.86. The van der Waals surface area contributed by atoms with E-state index in [9.17, 15) is 4.79 Å². The van der Waals surface area contributed by atoms with Gasteiger partial charge in [0, 0.05) is 19.8 Å². The summed E-state index contributed by atoms with van der Waals surface area (Å²) < 4.78 is 1.89. The van der Waals surface area contributed by atoms with Gasteiger partial charge in [-0.2, -0.15) is 0 Å². The molecule has 0 radical (unpaired) electrons. The van der Waals surface area contributed by atoms with E-state index >= 15 is 0 Å². The molecule has 1 aromatic carbocycles. The van der Waals surface area contributed by atoms with Crippen LogP contribution in [0.4, 0.5) is 0 Å². The molecule has 98 valence electrons. The molecule has 1 aliphatic heterocycles. The average Bonchev–Trinajstić information content (AvgIpc) is 3.07. The SMILES string of the molecule is Cn1cccc1C(=O)N1CCC[C@H]1c1ccccc1. The summed E-state index contributed by atoms with van der Waals surface area (Å²) in [7, 11) is 1.92. The molecule has 0 aliphatic carbocycles. The van der Waals surface area contributed by atoms with Crippen LogP contribution in [-0.4, -0.2) is 21.9 Å². The molecule has 1 amide bonds. The van der Waals surface area contributed by atoms with Crippen LogP contribution in [0.2, 0.25) is 0 Å². The fourth-order valence-electron chi connectivity index (χ4n) is 2.86. The Hall–Kier alpha value is -2.03. The van der Waals surface area contributed by atoms with Gasteiger partial charge in [0.25, 0.3) is 5.91 Å². The number of hydrogen-bond acceptors (Lipinski definition) is 1. The molecule has 1 saturated heterocycles. The highest BCUT2D eigenvalue weighted by atomic mass is 16.2. The lowest BCUT2D eigenvalue weighted by atomic mass is 10.0. The smallest absolute Gasteiger partial charge is 0.270 e. The summed E-state index contributed by atoms with van der Waals surface area (Å²) in [6.07, 6.45) is 4.05. The van der Waals surface area contributed by atoms with E-state index in [-0.39, 0.29) is 11.9 Å². The zero-order valence-corrected chi connectivity index (χ0v) is 11.1. The second-order valence-electron chi connectivity index (χ2n) is 5.07. The summed E-state index contributed by atoms with van der Waals surface area (Å²) in [5, 5.41) is 0. The number of carbonyl (C=O) groups excluding carboxylic acids is 1. The van der Waals surface area contributed by atoms with Crippen LogP contribution >= 0.6 is 0 Å². The summed E-state index contributed by atoms with van der Waals surface area (Å²) in [6, 6.07) is 14.4. The molecule has 1 fully saturated rings. The van der Waals surface area contributed by atoms with Gasteiger partial charge in [-0.3, -0.25) is 4.79 Å². The van der Waals surface area contributed by atoms with Crippen LogP contribution < -0.4 is 0 Å². The van der Waals surface area contributed by atoms with Crippen molar-refractivity contribution in [2.24, 2.45) is 7.05 Å². The van der Waals surface area contributed by atoms with Crippen molar-refractivity contribution in [2.75, 3.05) is 6.54 Å². The Morgan fingerprint density at radius 2 is 1.95 bits per heavy atom. The number of nitrogens with zero attached hydrogens (tertiary/aromatic N) is 2. The van der Waals surface area contributed by atoms with Crippen molar-refractivity contribution >= 4 is 5.91 Å². The highest BCUT2D eigenvalue weighted by molar-refractivity contribution is 5.93. The van der Waals surface area contributed by atoms with Gasteiger partial charge in [0.15, 0.2) is 0 Å². The van der Waals surface area contributed by atoms with Gasteiger partial charge < -0.3 is 9.47 Å². The van der Waals surface area contributed by atoms with E-state index < -0.39 is 0 Å². The molecule has 3 rings (SSSR count). The predicted molar refractivity (Wildman–Crippen MR) is 74.9 cm³/mol. The molecule has 1 aromatic heterocycles. The molecule has 2 heterocycles. The van der Waals surface area contributed by atoms with Crippen LogP contribution in [0.25, 0.3) is 0 Å². The van der Waals surface area contributed by atoms with Gasteiger partial charge in [-0.05, 0) is 30.5 Å². The minimum absolute atomic E-state index is 0.138. The van der Waals surface area contributed by atoms with E-state index in [0.717, 1.165) is 25.1 Å². The Morgan fingerprint density at radius 1 is 1.16 bits per heavy atom. The minimum Gasteiger partial charge on any atom is -0.347 e. The minimum atomic E-state index is 0.138. The Kier molecular flexibility index (Phi) is 3.11. The Labute approximate surface area is 113 Å². The van der Waals surface area contributed by atoms with E-state index in [0.29, 0.717) is 0 Å². The number of carbonyl (C=O) groups is 1. The molecule has 0 unspecified atom stereocenters. The summed E-state index contributed by atoms with van der Waals surface area (Å²) in [5.74, 6) is 0.138. The van der Waals surface area contributed by atoms with E-state index in [2.05, 4.69) is 12.1 Å².